The van der Waals surface area contributed by atoms with Crippen molar-refractivity contribution < 1.29 is 19.1 Å². The third-order valence-electron chi connectivity index (χ3n) is 5.27. The van der Waals surface area contributed by atoms with Gasteiger partial charge in [0.1, 0.15) is 11.4 Å². The first-order chi connectivity index (χ1) is 17.3. The largest absolute Gasteiger partial charge is 0.492 e. The van der Waals surface area contributed by atoms with E-state index in [0.717, 1.165) is 14.5 Å². The van der Waals surface area contributed by atoms with E-state index in [1.807, 2.05) is 32.0 Å². The van der Waals surface area contributed by atoms with Gasteiger partial charge < -0.3 is 15.4 Å². The van der Waals surface area contributed by atoms with Crippen LogP contribution in [0.15, 0.2) is 75.7 Å². The number of nitrogens with zero attached hydrogens (tertiary/aromatic N) is 1. The highest BCUT2D eigenvalue weighted by molar-refractivity contribution is 9.10. The minimum absolute atomic E-state index is 0.152. The molecular weight excluding hydrogens is 592 g/mol. The second-order valence-corrected chi connectivity index (χ2v) is 9.58. The lowest BCUT2D eigenvalue weighted by molar-refractivity contribution is -0.133. The predicted molar refractivity (Wildman–Crippen MR) is 147 cm³/mol. The molecule has 0 fully saturated rings. The number of rotatable bonds is 6. The first kappa shape index (κ1) is 25.5. The average molecular weight is 614 g/mol. The van der Waals surface area contributed by atoms with Gasteiger partial charge in [-0.05, 0) is 74.0 Å². The molecule has 0 aliphatic heterocycles. The standard InChI is InChI=1S/C26H22Br2N4O4/c1-3-36-23-7-5-4-6-20(23)30-25(34)26(35)31-32-21-11-8-17(27)13-16(21)14-22(32)24(33)29-18-9-10-19(28)15(2)12-18/h4-14H,3H2,1-2H3,(H,29,33)(H,30,34)(H,31,35). The van der Waals surface area contributed by atoms with Crippen molar-refractivity contribution in [2.24, 2.45) is 0 Å². The summed E-state index contributed by atoms with van der Waals surface area (Å²) in [7, 11) is 0. The van der Waals surface area contributed by atoms with Crippen LogP contribution in [-0.2, 0) is 9.59 Å². The van der Waals surface area contributed by atoms with Gasteiger partial charge in [0.25, 0.3) is 5.91 Å². The number of carbonyl (C=O) groups is 3. The Morgan fingerprint density at radius 1 is 0.917 bits per heavy atom. The van der Waals surface area contributed by atoms with Crippen LogP contribution < -0.4 is 20.8 Å². The monoisotopic (exact) mass is 612 g/mol. The van der Waals surface area contributed by atoms with Crippen LogP contribution in [0.3, 0.4) is 0 Å². The molecule has 0 aliphatic rings. The van der Waals surface area contributed by atoms with Gasteiger partial charge in [0.05, 0.1) is 17.8 Å². The normalized spacial score (nSPS) is 10.7. The second-order valence-electron chi connectivity index (χ2n) is 7.81. The van der Waals surface area contributed by atoms with Crippen molar-refractivity contribution in [3.8, 4) is 5.75 Å². The van der Waals surface area contributed by atoms with Crippen molar-refractivity contribution in [2.75, 3.05) is 22.7 Å². The molecule has 4 rings (SSSR count). The van der Waals surface area contributed by atoms with Gasteiger partial charge in [-0.15, -0.1) is 0 Å². The lowest BCUT2D eigenvalue weighted by atomic mass is 10.2. The number of aromatic nitrogens is 1. The maximum Gasteiger partial charge on any atom is 0.328 e. The number of fused-ring (bicyclic) bond motifs is 1. The highest BCUT2D eigenvalue weighted by Crippen LogP contribution is 2.26. The van der Waals surface area contributed by atoms with E-state index in [4.69, 9.17) is 4.74 Å². The highest BCUT2D eigenvalue weighted by Gasteiger charge is 2.22. The van der Waals surface area contributed by atoms with Gasteiger partial charge in [0.2, 0.25) is 0 Å². The van der Waals surface area contributed by atoms with E-state index in [2.05, 4.69) is 47.9 Å². The van der Waals surface area contributed by atoms with Gasteiger partial charge in [-0.1, -0.05) is 44.0 Å². The summed E-state index contributed by atoms with van der Waals surface area (Å²) in [4.78, 5) is 38.8. The Kier molecular flexibility index (Phi) is 7.76. The van der Waals surface area contributed by atoms with E-state index in [9.17, 15) is 14.4 Å². The summed E-state index contributed by atoms with van der Waals surface area (Å²) in [5, 5.41) is 6.11. The molecule has 0 unspecified atom stereocenters. The number of ether oxygens (including phenoxy) is 1. The third kappa shape index (κ3) is 5.60. The number of aryl methyl sites for hydroxylation is 1. The number of benzene rings is 3. The summed E-state index contributed by atoms with van der Waals surface area (Å²) < 4.78 is 8.53. The van der Waals surface area contributed by atoms with Crippen LogP contribution >= 0.6 is 31.9 Å². The minimum Gasteiger partial charge on any atom is -0.492 e. The molecule has 0 aliphatic carbocycles. The van der Waals surface area contributed by atoms with Crippen LogP contribution in [0.5, 0.6) is 5.75 Å². The fourth-order valence-corrected chi connectivity index (χ4v) is 4.20. The molecule has 1 aromatic heterocycles. The molecule has 0 saturated heterocycles. The van der Waals surface area contributed by atoms with Crippen molar-refractivity contribution in [3.05, 3.63) is 86.9 Å². The van der Waals surface area contributed by atoms with Gasteiger partial charge in [-0.2, -0.15) is 0 Å². The van der Waals surface area contributed by atoms with E-state index in [-0.39, 0.29) is 5.69 Å². The Balaban J connectivity index is 1.62. The molecule has 10 heteroatoms. The fourth-order valence-electron chi connectivity index (χ4n) is 3.57. The molecule has 1 heterocycles. The summed E-state index contributed by atoms with van der Waals surface area (Å²) in [6.07, 6.45) is 0. The van der Waals surface area contributed by atoms with E-state index in [1.54, 1.807) is 48.5 Å². The number of hydrogen-bond acceptors (Lipinski definition) is 4. The Morgan fingerprint density at radius 3 is 2.44 bits per heavy atom. The molecular formula is C26H22Br2N4O4. The summed E-state index contributed by atoms with van der Waals surface area (Å²) >= 11 is 6.87. The molecule has 0 atom stereocenters. The quantitative estimate of drug-likeness (QED) is 0.238. The number of hydrogen-bond donors (Lipinski definition) is 3. The number of anilines is 2. The molecule has 3 aromatic carbocycles. The van der Waals surface area contributed by atoms with Crippen LogP contribution in [0, 0.1) is 6.92 Å². The zero-order chi connectivity index (χ0) is 25.8. The van der Waals surface area contributed by atoms with Crippen LogP contribution in [0.4, 0.5) is 11.4 Å². The molecule has 4 aromatic rings. The third-order valence-corrected chi connectivity index (χ3v) is 6.65. The lowest BCUT2D eigenvalue weighted by Gasteiger charge is -2.14. The molecule has 36 heavy (non-hydrogen) atoms. The van der Waals surface area contributed by atoms with E-state index in [0.29, 0.717) is 34.6 Å². The zero-order valence-corrected chi connectivity index (χ0v) is 22.6. The minimum atomic E-state index is -0.949. The maximum atomic E-state index is 13.2. The van der Waals surface area contributed by atoms with Gasteiger partial charge in [0, 0.05) is 20.0 Å². The summed E-state index contributed by atoms with van der Waals surface area (Å²) in [6.45, 7) is 4.14. The van der Waals surface area contributed by atoms with Gasteiger partial charge in [-0.25, -0.2) is 4.68 Å². The number of amides is 3. The first-order valence-electron chi connectivity index (χ1n) is 11.0. The van der Waals surface area contributed by atoms with Crippen molar-refractivity contribution in [3.63, 3.8) is 0 Å². The predicted octanol–water partition coefficient (Wildman–Crippen LogP) is 5.83. The Morgan fingerprint density at radius 2 is 1.69 bits per heavy atom. The number of halogens is 2. The van der Waals surface area contributed by atoms with E-state index >= 15 is 0 Å². The molecule has 184 valence electrons. The summed E-state index contributed by atoms with van der Waals surface area (Å²) in [6, 6.07) is 19.2. The molecule has 0 saturated carbocycles. The molecule has 3 amide bonds. The van der Waals surface area contributed by atoms with Crippen LogP contribution in [0.2, 0.25) is 0 Å². The zero-order valence-electron chi connectivity index (χ0n) is 19.4. The molecule has 0 spiro atoms. The first-order valence-corrected chi connectivity index (χ1v) is 12.6. The maximum absolute atomic E-state index is 13.2. The van der Waals surface area contributed by atoms with E-state index in [1.165, 1.54) is 4.68 Å². The molecule has 8 nitrogen and oxygen atoms in total. The van der Waals surface area contributed by atoms with Crippen molar-refractivity contribution in [1.82, 2.24) is 4.68 Å². The van der Waals surface area contributed by atoms with Crippen molar-refractivity contribution in [2.45, 2.75) is 13.8 Å². The van der Waals surface area contributed by atoms with Gasteiger partial charge in [-0.3, -0.25) is 19.8 Å². The van der Waals surface area contributed by atoms with Gasteiger partial charge in [0.15, 0.2) is 0 Å². The topological polar surface area (TPSA) is 101 Å². The average Bonchev–Trinajstić information content (AvgIpc) is 3.20. The number of carbonyl (C=O) groups excluding carboxylic acids is 3. The SMILES string of the molecule is CCOc1ccccc1NC(=O)C(=O)Nn1c(C(=O)Nc2ccc(Br)c(C)c2)cc2cc(Br)ccc21. The molecule has 0 radical (unpaired) electrons. The second kappa shape index (κ2) is 11.0. The Hall–Kier alpha value is -3.63. The lowest BCUT2D eigenvalue weighted by Crippen LogP contribution is -2.36. The van der Waals surface area contributed by atoms with Crippen LogP contribution in [-0.4, -0.2) is 29.0 Å². The molecule has 0 bridgehead atoms. The summed E-state index contributed by atoms with van der Waals surface area (Å²) in [5.41, 5.74) is 5.16. The summed E-state index contributed by atoms with van der Waals surface area (Å²) in [5.74, 6) is -1.86. The Bertz CT molecular complexity index is 1480. The van der Waals surface area contributed by atoms with Crippen LogP contribution in [0.1, 0.15) is 23.0 Å². The van der Waals surface area contributed by atoms with Crippen molar-refractivity contribution in [1.29, 1.82) is 0 Å². The number of nitrogens with one attached hydrogen (secondary N) is 3. The van der Waals surface area contributed by atoms with Crippen LogP contribution in [0.25, 0.3) is 10.9 Å². The van der Waals surface area contributed by atoms with Crippen molar-refractivity contribution >= 4 is 71.9 Å². The number of para-hydroxylation sites is 2. The molecule has 3 N–H and O–H groups in total. The van der Waals surface area contributed by atoms with Gasteiger partial charge >= 0.3 is 11.8 Å². The smallest absolute Gasteiger partial charge is 0.328 e. The Labute approximate surface area is 224 Å². The fraction of sp³-hybridized carbons (Fsp3) is 0.115. The highest BCUT2D eigenvalue weighted by atomic mass is 79.9. The van der Waals surface area contributed by atoms with E-state index < -0.39 is 17.7 Å².